The number of carbonyl (C=O) groups is 1. The highest BCUT2D eigenvalue weighted by molar-refractivity contribution is 7.99. The van der Waals surface area contributed by atoms with Crippen molar-refractivity contribution < 1.29 is 15.0 Å². The summed E-state index contributed by atoms with van der Waals surface area (Å²) in [7, 11) is 0. The molecule has 6 heteroatoms. The molecule has 0 amide bonds. The van der Waals surface area contributed by atoms with Crippen LogP contribution in [0.5, 0.6) is 0 Å². The zero-order valence-corrected chi connectivity index (χ0v) is 24.4. The van der Waals surface area contributed by atoms with Gasteiger partial charge in [-0.1, -0.05) is 68.5 Å². The van der Waals surface area contributed by atoms with E-state index >= 15 is 0 Å². The first kappa shape index (κ1) is 28.6. The molecule has 3 aromatic rings. The second-order valence-corrected chi connectivity index (χ2v) is 13.5. The van der Waals surface area contributed by atoms with E-state index in [1.165, 1.54) is 5.56 Å². The highest BCUT2D eigenvalue weighted by Crippen LogP contribution is 2.53. The first-order valence-corrected chi connectivity index (χ1v) is 15.4. The topological polar surface area (TPSA) is 70.4 Å². The number of aliphatic hydroxyl groups is 1. The molecule has 1 fully saturated rings. The molecule has 1 aromatic heterocycles. The van der Waals surface area contributed by atoms with E-state index in [0.29, 0.717) is 5.92 Å². The van der Waals surface area contributed by atoms with Crippen LogP contribution in [0.4, 0.5) is 0 Å². The predicted molar refractivity (Wildman–Crippen MR) is 161 cm³/mol. The zero-order chi connectivity index (χ0) is 27.3. The molecule has 2 aromatic carbocycles. The summed E-state index contributed by atoms with van der Waals surface area (Å²) in [6.07, 6.45) is 8.22. The Morgan fingerprint density at radius 3 is 2.58 bits per heavy atom. The average molecular weight is 550 g/mol. The Morgan fingerprint density at radius 2 is 1.92 bits per heavy atom. The standard InChI is InChI=1S/C32H39NO3S2/c1-22(2)27-20-37-29(33-27)15-12-23-8-7-10-25(18-23)28(38-21-32(16-17-32)19-30(34)35)14-13-24-9-5-6-11-26(24)31(3,4)36/h5-12,15,18,20,22,28,36H,13-14,16-17,19,21H2,1-4H3,(H,34,35)/b15-12+/t28-/m1/s1. The van der Waals surface area contributed by atoms with E-state index in [1.54, 1.807) is 11.3 Å². The molecular formula is C32H39NO3S2. The van der Waals surface area contributed by atoms with Gasteiger partial charge in [0.25, 0.3) is 0 Å². The van der Waals surface area contributed by atoms with Gasteiger partial charge in [-0.25, -0.2) is 4.98 Å². The van der Waals surface area contributed by atoms with Crippen molar-refractivity contribution in [3.63, 3.8) is 0 Å². The zero-order valence-electron chi connectivity index (χ0n) is 22.8. The van der Waals surface area contributed by atoms with Gasteiger partial charge in [-0.15, -0.1) is 11.3 Å². The van der Waals surface area contributed by atoms with Crippen LogP contribution in [0.25, 0.3) is 12.2 Å². The summed E-state index contributed by atoms with van der Waals surface area (Å²) >= 11 is 3.56. The van der Waals surface area contributed by atoms with Gasteiger partial charge in [0.1, 0.15) is 5.01 Å². The number of carboxylic acid groups (broad SMARTS) is 1. The Labute approximate surface area is 235 Å². The van der Waals surface area contributed by atoms with Crippen molar-refractivity contribution in [3.8, 4) is 0 Å². The molecule has 4 rings (SSSR count). The number of aromatic nitrogens is 1. The number of thiazole rings is 1. The third-order valence-electron chi connectivity index (χ3n) is 7.26. The normalized spacial score (nSPS) is 15.7. The number of benzene rings is 2. The van der Waals surface area contributed by atoms with Gasteiger partial charge in [0.15, 0.2) is 0 Å². The van der Waals surface area contributed by atoms with Crippen molar-refractivity contribution in [1.82, 2.24) is 4.98 Å². The maximum Gasteiger partial charge on any atom is 0.303 e. The maximum absolute atomic E-state index is 11.4. The molecule has 0 spiro atoms. The lowest BCUT2D eigenvalue weighted by molar-refractivity contribution is -0.138. The van der Waals surface area contributed by atoms with Gasteiger partial charge in [-0.2, -0.15) is 11.8 Å². The number of aryl methyl sites for hydroxylation is 1. The fourth-order valence-corrected chi connectivity index (χ4v) is 7.23. The van der Waals surface area contributed by atoms with E-state index < -0.39 is 11.6 Å². The van der Waals surface area contributed by atoms with Crippen molar-refractivity contribution in [2.75, 3.05) is 5.75 Å². The predicted octanol–water partition coefficient (Wildman–Crippen LogP) is 8.33. The molecule has 0 radical (unpaired) electrons. The minimum Gasteiger partial charge on any atom is -0.481 e. The van der Waals surface area contributed by atoms with E-state index in [2.05, 4.69) is 61.7 Å². The van der Waals surface area contributed by atoms with Crippen LogP contribution in [-0.4, -0.2) is 26.9 Å². The molecule has 2 N–H and O–H groups in total. The van der Waals surface area contributed by atoms with Crippen molar-refractivity contribution in [2.24, 2.45) is 5.41 Å². The van der Waals surface area contributed by atoms with Crippen molar-refractivity contribution in [1.29, 1.82) is 0 Å². The summed E-state index contributed by atoms with van der Waals surface area (Å²) in [5, 5.41) is 23.5. The lowest BCUT2D eigenvalue weighted by Gasteiger charge is -2.24. The summed E-state index contributed by atoms with van der Waals surface area (Å²) < 4.78 is 0. The molecule has 0 saturated heterocycles. The fourth-order valence-electron chi connectivity index (χ4n) is 4.79. The Kier molecular flexibility index (Phi) is 9.17. The lowest BCUT2D eigenvalue weighted by Crippen LogP contribution is -2.18. The van der Waals surface area contributed by atoms with Crippen LogP contribution in [0.3, 0.4) is 0 Å². The van der Waals surface area contributed by atoms with E-state index in [0.717, 1.165) is 58.8 Å². The molecule has 1 heterocycles. The van der Waals surface area contributed by atoms with Crippen LogP contribution >= 0.6 is 23.1 Å². The van der Waals surface area contributed by atoms with Crippen LogP contribution < -0.4 is 0 Å². The van der Waals surface area contributed by atoms with Crippen molar-refractivity contribution >= 4 is 41.2 Å². The summed E-state index contributed by atoms with van der Waals surface area (Å²) in [5.41, 5.74) is 4.70. The van der Waals surface area contributed by atoms with E-state index in [9.17, 15) is 15.0 Å². The third-order valence-corrected chi connectivity index (χ3v) is 9.78. The third kappa shape index (κ3) is 7.81. The molecule has 1 saturated carbocycles. The van der Waals surface area contributed by atoms with Gasteiger partial charge in [-0.3, -0.25) is 4.79 Å². The van der Waals surface area contributed by atoms with Gasteiger partial charge in [0, 0.05) is 16.4 Å². The molecule has 1 aliphatic carbocycles. The van der Waals surface area contributed by atoms with E-state index in [-0.39, 0.29) is 17.1 Å². The Bertz CT molecular complexity index is 1270. The number of carboxylic acids is 1. The number of hydrogen-bond acceptors (Lipinski definition) is 5. The Hall–Kier alpha value is -2.41. The number of rotatable bonds is 13. The monoisotopic (exact) mass is 549 g/mol. The minimum atomic E-state index is -0.894. The smallest absolute Gasteiger partial charge is 0.303 e. The number of nitrogens with zero attached hydrogens (tertiary/aromatic N) is 1. The highest BCUT2D eigenvalue weighted by atomic mass is 32.2. The van der Waals surface area contributed by atoms with Crippen LogP contribution in [-0.2, 0) is 16.8 Å². The van der Waals surface area contributed by atoms with Crippen LogP contribution in [0.2, 0.25) is 0 Å². The first-order chi connectivity index (χ1) is 18.0. The van der Waals surface area contributed by atoms with E-state index in [4.69, 9.17) is 4.98 Å². The average Bonchev–Trinajstić information content (AvgIpc) is 3.44. The number of thioether (sulfide) groups is 1. The van der Waals surface area contributed by atoms with Gasteiger partial charge in [-0.05, 0) is 79.2 Å². The molecule has 1 atom stereocenters. The molecule has 38 heavy (non-hydrogen) atoms. The fraction of sp³-hybridized carbons (Fsp3) is 0.438. The quantitative estimate of drug-likeness (QED) is 0.224. The van der Waals surface area contributed by atoms with Gasteiger partial charge in [0.2, 0.25) is 0 Å². The SMILES string of the molecule is CC(C)c1csc(/C=C/c2cccc([C@@H](CCc3ccccc3C(C)(C)O)SCC3(CC(=O)O)CC3)c2)n1. The minimum absolute atomic E-state index is 0.0593. The highest BCUT2D eigenvalue weighted by Gasteiger charge is 2.44. The summed E-state index contributed by atoms with van der Waals surface area (Å²) in [5.74, 6) is 0.578. The second kappa shape index (κ2) is 12.2. The maximum atomic E-state index is 11.4. The van der Waals surface area contributed by atoms with Gasteiger partial charge >= 0.3 is 5.97 Å². The number of aliphatic carboxylic acids is 1. The summed E-state index contributed by atoms with van der Waals surface area (Å²) in [6, 6.07) is 16.8. The van der Waals surface area contributed by atoms with Crippen molar-refractivity contribution in [2.45, 2.75) is 76.6 Å². The molecule has 1 aliphatic rings. The molecule has 0 aliphatic heterocycles. The molecule has 202 valence electrons. The largest absolute Gasteiger partial charge is 0.481 e. The Morgan fingerprint density at radius 1 is 1.16 bits per heavy atom. The number of hydrogen-bond donors (Lipinski definition) is 2. The lowest BCUT2D eigenvalue weighted by atomic mass is 9.90. The second-order valence-electron chi connectivity index (χ2n) is 11.4. The van der Waals surface area contributed by atoms with Gasteiger partial charge in [0.05, 0.1) is 17.7 Å². The van der Waals surface area contributed by atoms with Crippen LogP contribution in [0.1, 0.15) is 97.5 Å². The summed E-state index contributed by atoms with van der Waals surface area (Å²) in [4.78, 5) is 16.2. The van der Waals surface area contributed by atoms with Gasteiger partial charge < -0.3 is 10.2 Å². The molecule has 0 bridgehead atoms. The first-order valence-electron chi connectivity index (χ1n) is 13.4. The molecule has 0 unspecified atom stereocenters. The van der Waals surface area contributed by atoms with Crippen LogP contribution in [0.15, 0.2) is 53.9 Å². The van der Waals surface area contributed by atoms with E-state index in [1.807, 2.05) is 43.8 Å². The molecule has 4 nitrogen and oxygen atoms in total. The van der Waals surface area contributed by atoms with Crippen LogP contribution in [0, 0.1) is 5.41 Å². The van der Waals surface area contributed by atoms with Crippen molar-refractivity contribution in [3.05, 3.63) is 86.9 Å². The summed E-state index contributed by atoms with van der Waals surface area (Å²) in [6.45, 7) is 7.99. The molecular weight excluding hydrogens is 510 g/mol. The Balaban J connectivity index is 1.54.